The van der Waals surface area contributed by atoms with Crippen molar-refractivity contribution in [3.05, 3.63) is 258 Å². The number of rotatable bonds is 6. The van der Waals surface area contributed by atoms with Gasteiger partial charge in [-0.3, -0.25) is 0 Å². The molecule has 0 radical (unpaired) electrons. The van der Waals surface area contributed by atoms with E-state index in [1.165, 1.54) is 139 Å². The summed E-state index contributed by atoms with van der Waals surface area (Å²) in [5.74, 6) is 0. The van der Waals surface area contributed by atoms with E-state index < -0.39 is 0 Å². The van der Waals surface area contributed by atoms with E-state index in [9.17, 15) is 0 Å². The lowest BCUT2D eigenvalue weighted by molar-refractivity contribution is 0.659. The van der Waals surface area contributed by atoms with Gasteiger partial charge in [-0.2, -0.15) is 0 Å². The normalized spacial score (nSPS) is 14.9. The third-order valence-corrected chi connectivity index (χ3v) is 17.0. The van der Waals surface area contributed by atoms with Crippen LogP contribution in [0.1, 0.15) is 74.9 Å². The Bertz CT molecular complexity index is 3910. The minimum Gasteiger partial charge on any atom is -0.310 e. The molecule has 344 valence electrons. The zero-order valence-electron chi connectivity index (χ0n) is 41.8. The van der Waals surface area contributed by atoms with E-state index in [4.69, 9.17) is 0 Å². The first-order valence-corrected chi connectivity index (χ1v) is 25.7. The maximum absolute atomic E-state index is 2.53. The summed E-state index contributed by atoms with van der Waals surface area (Å²) in [6, 6.07) is 84.7. The van der Waals surface area contributed by atoms with Crippen LogP contribution in [0.25, 0.3) is 88.3 Å². The monoisotopic (exact) mass is 921 g/mol. The first-order valence-electron chi connectivity index (χ1n) is 25.7. The highest BCUT2D eigenvalue weighted by molar-refractivity contribution is 6.21. The zero-order valence-corrected chi connectivity index (χ0v) is 41.8. The molecule has 11 aromatic rings. The molecule has 0 saturated heterocycles. The van der Waals surface area contributed by atoms with Gasteiger partial charge < -0.3 is 4.90 Å². The van der Waals surface area contributed by atoms with E-state index in [1.54, 1.807) is 0 Å². The first-order chi connectivity index (χ1) is 35.0. The van der Waals surface area contributed by atoms with E-state index in [-0.39, 0.29) is 16.2 Å². The first kappa shape index (κ1) is 42.6. The second-order valence-electron chi connectivity index (χ2n) is 22.0. The van der Waals surface area contributed by atoms with Gasteiger partial charge in [0.2, 0.25) is 0 Å². The molecule has 0 saturated carbocycles. The fraction of sp³-hybridized carbons (Fsp3) is 0.127. The van der Waals surface area contributed by atoms with Crippen molar-refractivity contribution in [2.75, 3.05) is 4.90 Å². The zero-order chi connectivity index (χ0) is 48.7. The standard InChI is InChI=1S/C71H55N/c1-69(2)61-29-16-14-23-51(61)54-36-32-48(41-64(54)69)72(49-33-37-55-52-24-15-17-30-62(52)70(3,4)65(55)42-49)50-34-38-56-53-35-31-47(40-63(53)71(5,6)66(56)43-50)68-59-27-12-10-25-57(59)67(58-26-11-13-28-60(58)68)46-22-18-21-45(39-46)44-19-8-7-9-20-44/h7-43H,1-6H3. The molecule has 1 heteroatoms. The molecule has 11 aromatic carbocycles. The van der Waals surface area contributed by atoms with Gasteiger partial charge in [0.05, 0.1) is 0 Å². The Morgan fingerprint density at radius 3 is 1.04 bits per heavy atom. The average molecular weight is 922 g/mol. The Balaban J connectivity index is 0.909. The summed E-state index contributed by atoms with van der Waals surface area (Å²) in [5.41, 5.74) is 26.7. The van der Waals surface area contributed by atoms with Crippen molar-refractivity contribution >= 4 is 38.6 Å². The molecule has 14 rings (SSSR count). The fourth-order valence-electron chi connectivity index (χ4n) is 13.4. The fourth-order valence-corrected chi connectivity index (χ4v) is 13.4. The van der Waals surface area contributed by atoms with Crippen molar-refractivity contribution in [1.82, 2.24) is 0 Å². The molecule has 0 spiro atoms. The molecular weight excluding hydrogens is 867 g/mol. The van der Waals surface area contributed by atoms with Crippen LogP contribution in [0.4, 0.5) is 17.1 Å². The molecule has 0 bridgehead atoms. The Kier molecular flexibility index (Phi) is 9.09. The molecular formula is C71H55N. The van der Waals surface area contributed by atoms with Gasteiger partial charge in [-0.05, 0) is 170 Å². The van der Waals surface area contributed by atoms with Crippen molar-refractivity contribution in [1.29, 1.82) is 0 Å². The van der Waals surface area contributed by atoms with Crippen molar-refractivity contribution in [3.8, 4) is 66.8 Å². The maximum atomic E-state index is 2.53. The molecule has 3 aliphatic carbocycles. The topological polar surface area (TPSA) is 3.24 Å². The third-order valence-electron chi connectivity index (χ3n) is 17.0. The molecule has 0 aliphatic heterocycles. The van der Waals surface area contributed by atoms with Crippen LogP contribution in [-0.4, -0.2) is 0 Å². The van der Waals surface area contributed by atoms with Gasteiger partial charge in [-0.1, -0.05) is 217 Å². The van der Waals surface area contributed by atoms with Crippen LogP contribution in [-0.2, 0) is 16.2 Å². The van der Waals surface area contributed by atoms with Crippen LogP contribution in [0.15, 0.2) is 224 Å². The lowest BCUT2D eigenvalue weighted by Crippen LogP contribution is -2.19. The SMILES string of the molecule is CC1(C)c2ccccc2-c2ccc(N(c3ccc4c(c3)C(C)(C)c3ccccc3-4)c3ccc4c(c3)C(C)(C)c3cc(-c5c6ccccc6c(-c6cccc(-c7ccccc7)c6)c6ccccc56)ccc3-4)cc21. The van der Waals surface area contributed by atoms with E-state index in [2.05, 4.69) is 271 Å². The summed E-state index contributed by atoms with van der Waals surface area (Å²) in [6.07, 6.45) is 0. The van der Waals surface area contributed by atoms with Crippen molar-refractivity contribution < 1.29 is 0 Å². The smallest absolute Gasteiger partial charge is 0.0465 e. The summed E-state index contributed by atoms with van der Waals surface area (Å²) < 4.78 is 0. The number of hydrogen-bond donors (Lipinski definition) is 0. The van der Waals surface area contributed by atoms with Gasteiger partial charge in [0.1, 0.15) is 0 Å². The molecule has 0 amide bonds. The molecule has 3 aliphatic rings. The molecule has 0 heterocycles. The van der Waals surface area contributed by atoms with Gasteiger partial charge >= 0.3 is 0 Å². The maximum Gasteiger partial charge on any atom is 0.0465 e. The lowest BCUT2D eigenvalue weighted by atomic mass is 9.80. The average Bonchev–Trinajstić information content (AvgIpc) is 3.89. The summed E-state index contributed by atoms with van der Waals surface area (Å²) in [4.78, 5) is 2.53. The summed E-state index contributed by atoms with van der Waals surface area (Å²) in [6.45, 7) is 14.4. The summed E-state index contributed by atoms with van der Waals surface area (Å²) >= 11 is 0. The Morgan fingerprint density at radius 1 is 0.236 bits per heavy atom. The minimum atomic E-state index is -0.269. The van der Waals surface area contributed by atoms with Crippen LogP contribution in [0.3, 0.4) is 0 Å². The number of nitrogens with zero attached hydrogens (tertiary/aromatic N) is 1. The molecule has 0 N–H and O–H groups in total. The van der Waals surface area contributed by atoms with Crippen LogP contribution in [0.2, 0.25) is 0 Å². The molecule has 0 unspecified atom stereocenters. The van der Waals surface area contributed by atoms with Crippen LogP contribution < -0.4 is 4.90 Å². The van der Waals surface area contributed by atoms with Gasteiger partial charge in [0.15, 0.2) is 0 Å². The molecule has 0 fully saturated rings. The number of anilines is 3. The van der Waals surface area contributed by atoms with E-state index in [0.29, 0.717) is 0 Å². The second kappa shape index (κ2) is 15.4. The van der Waals surface area contributed by atoms with E-state index in [0.717, 1.165) is 0 Å². The summed E-state index contributed by atoms with van der Waals surface area (Å²) in [7, 11) is 0. The van der Waals surface area contributed by atoms with E-state index in [1.807, 2.05) is 0 Å². The Labute approximate surface area is 423 Å². The number of benzene rings is 11. The van der Waals surface area contributed by atoms with Crippen LogP contribution >= 0.6 is 0 Å². The highest BCUT2D eigenvalue weighted by Crippen LogP contribution is 2.56. The van der Waals surface area contributed by atoms with E-state index >= 15 is 0 Å². The second-order valence-corrected chi connectivity index (χ2v) is 22.0. The lowest BCUT2D eigenvalue weighted by Gasteiger charge is -2.31. The Hall–Kier alpha value is -8.26. The Morgan fingerprint density at radius 2 is 0.569 bits per heavy atom. The molecule has 0 aromatic heterocycles. The minimum absolute atomic E-state index is 0.126. The van der Waals surface area contributed by atoms with Gasteiger partial charge in [-0.25, -0.2) is 0 Å². The van der Waals surface area contributed by atoms with Gasteiger partial charge in [0.25, 0.3) is 0 Å². The third kappa shape index (κ3) is 6.07. The molecule has 0 atom stereocenters. The van der Waals surface area contributed by atoms with Gasteiger partial charge in [0, 0.05) is 33.3 Å². The predicted molar refractivity (Wildman–Crippen MR) is 305 cm³/mol. The van der Waals surface area contributed by atoms with Crippen molar-refractivity contribution in [3.63, 3.8) is 0 Å². The van der Waals surface area contributed by atoms with Crippen LogP contribution in [0, 0.1) is 0 Å². The highest BCUT2D eigenvalue weighted by atomic mass is 15.1. The predicted octanol–water partition coefficient (Wildman–Crippen LogP) is 19.4. The molecule has 72 heavy (non-hydrogen) atoms. The quantitative estimate of drug-likeness (QED) is 0.150. The van der Waals surface area contributed by atoms with Gasteiger partial charge in [-0.15, -0.1) is 0 Å². The van der Waals surface area contributed by atoms with Crippen molar-refractivity contribution in [2.24, 2.45) is 0 Å². The largest absolute Gasteiger partial charge is 0.310 e. The number of hydrogen-bond acceptors (Lipinski definition) is 1. The number of fused-ring (bicyclic) bond motifs is 11. The summed E-state index contributed by atoms with van der Waals surface area (Å²) in [5, 5.41) is 5.07. The van der Waals surface area contributed by atoms with Crippen LogP contribution in [0.5, 0.6) is 0 Å². The highest BCUT2D eigenvalue weighted by Gasteiger charge is 2.40. The molecule has 1 nitrogen and oxygen atoms in total. The van der Waals surface area contributed by atoms with Crippen molar-refractivity contribution in [2.45, 2.75) is 57.8 Å².